The maximum Gasteiger partial charge on any atom is 0.350 e. The largest absolute Gasteiger partial charge is 0.380 e. The van der Waals surface area contributed by atoms with Gasteiger partial charge in [-0.15, -0.1) is 10.2 Å². The Morgan fingerprint density at radius 3 is 2.05 bits per heavy atom. The average Bonchev–Trinajstić information content (AvgIpc) is 2.37. The predicted molar refractivity (Wildman–Crippen MR) is 74.7 cm³/mol. The molecule has 0 amide bonds. The molecular formula is C9H7Cl3N4O5. The molecular weight excluding hydrogens is 350 g/mol. The number of alkyl halides is 3. The Labute approximate surface area is 132 Å². The van der Waals surface area contributed by atoms with Crippen molar-refractivity contribution >= 4 is 46.2 Å². The monoisotopic (exact) mass is 356 g/mol. The molecule has 0 aliphatic rings. The van der Waals surface area contributed by atoms with Crippen LogP contribution in [0.1, 0.15) is 0 Å². The van der Waals surface area contributed by atoms with Crippen LogP contribution in [0.2, 0.25) is 0 Å². The topological polar surface area (TPSA) is 131 Å². The molecule has 0 saturated carbocycles. The van der Waals surface area contributed by atoms with Crippen LogP contribution in [0.25, 0.3) is 0 Å². The highest BCUT2D eigenvalue weighted by molar-refractivity contribution is 6.68. The van der Waals surface area contributed by atoms with Crippen LogP contribution in [0.4, 0.5) is 11.4 Å². The summed E-state index contributed by atoms with van der Waals surface area (Å²) in [6.45, 7) is 0. The third-order valence-corrected chi connectivity index (χ3v) is 2.86. The fourth-order valence-corrected chi connectivity index (χ4v) is 1.49. The molecule has 0 heterocycles. The molecule has 1 aromatic rings. The number of hydrogen-bond acceptors (Lipinski definition) is 7. The first-order valence-electron chi connectivity index (χ1n) is 5.16. The second kappa shape index (κ2) is 6.94. The van der Waals surface area contributed by atoms with Gasteiger partial charge < -0.3 is 5.11 Å². The predicted octanol–water partition coefficient (Wildman–Crippen LogP) is 3.01. The molecule has 0 bridgehead atoms. The van der Waals surface area contributed by atoms with Gasteiger partial charge in [0.25, 0.3) is 5.69 Å². The molecule has 0 radical (unpaired) electrons. The van der Waals surface area contributed by atoms with Gasteiger partial charge in [-0.3, -0.25) is 20.2 Å². The second-order valence-electron chi connectivity index (χ2n) is 3.67. The third-order valence-electron chi connectivity index (χ3n) is 2.19. The SMILES string of the molecule is O=[N+]([O-])c1ccc(N=NC(C(O)C(Cl)(Cl)Cl)[N+](=O)[O-])cc1. The number of benzene rings is 1. The van der Waals surface area contributed by atoms with Crippen molar-refractivity contribution in [3.63, 3.8) is 0 Å². The van der Waals surface area contributed by atoms with Crippen molar-refractivity contribution < 1.29 is 15.0 Å². The number of halogens is 3. The lowest BCUT2D eigenvalue weighted by molar-refractivity contribution is -0.533. The van der Waals surface area contributed by atoms with Gasteiger partial charge in [0.05, 0.1) is 15.5 Å². The number of nitro benzene ring substituents is 1. The van der Waals surface area contributed by atoms with Crippen LogP contribution in [0, 0.1) is 20.2 Å². The number of aliphatic hydroxyl groups is 1. The summed E-state index contributed by atoms with van der Waals surface area (Å²) in [5.74, 6) is 0. The van der Waals surface area contributed by atoms with E-state index in [1.165, 1.54) is 12.1 Å². The van der Waals surface area contributed by atoms with Gasteiger partial charge in [-0.2, -0.15) is 0 Å². The Balaban J connectivity index is 2.93. The molecule has 0 aliphatic heterocycles. The molecule has 2 unspecified atom stereocenters. The van der Waals surface area contributed by atoms with E-state index in [9.17, 15) is 25.3 Å². The van der Waals surface area contributed by atoms with Crippen LogP contribution in [-0.4, -0.2) is 31.0 Å². The van der Waals surface area contributed by atoms with Crippen molar-refractivity contribution in [3.8, 4) is 0 Å². The standard InChI is InChI=1S/C9H7Cl3N4O5/c10-9(11,12)7(17)8(16(20)21)14-13-5-1-3-6(4-2-5)15(18)19/h1-4,7-8,17H. The first-order chi connectivity index (χ1) is 9.62. The fourth-order valence-electron chi connectivity index (χ4n) is 1.16. The van der Waals surface area contributed by atoms with Gasteiger partial charge in [0.1, 0.15) is 0 Å². The molecule has 1 aromatic carbocycles. The zero-order valence-electron chi connectivity index (χ0n) is 9.97. The van der Waals surface area contributed by atoms with Gasteiger partial charge in [0, 0.05) is 12.1 Å². The maximum atomic E-state index is 10.8. The highest BCUT2D eigenvalue weighted by Gasteiger charge is 2.44. The molecule has 0 aliphatic carbocycles. The molecule has 0 fully saturated rings. The Bertz CT molecular complexity index is 559. The van der Waals surface area contributed by atoms with Gasteiger partial charge in [-0.1, -0.05) is 34.8 Å². The van der Waals surface area contributed by atoms with Crippen LogP contribution in [0.3, 0.4) is 0 Å². The quantitative estimate of drug-likeness (QED) is 0.374. The van der Waals surface area contributed by atoms with Gasteiger partial charge >= 0.3 is 6.17 Å². The number of rotatable bonds is 5. The van der Waals surface area contributed by atoms with Gasteiger partial charge in [0.2, 0.25) is 3.79 Å². The summed E-state index contributed by atoms with van der Waals surface area (Å²) >= 11 is 16.1. The summed E-state index contributed by atoms with van der Waals surface area (Å²) in [5, 5.41) is 37.5. The van der Waals surface area contributed by atoms with Crippen LogP contribution in [-0.2, 0) is 0 Å². The van der Waals surface area contributed by atoms with E-state index in [1.807, 2.05) is 0 Å². The molecule has 1 rings (SSSR count). The van der Waals surface area contributed by atoms with Crippen LogP contribution < -0.4 is 0 Å². The van der Waals surface area contributed by atoms with E-state index in [2.05, 4.69) is 10.2 Å². The van der Waals surface area contributed by atoms with E-state index in [0.717, 1.165) is 12.1 Å². The number of nitro groups is 2. The summed E-state index contributed by atoms with van der Waals surface area (Å²) in [5.41, 5.74) is -0.0786. The Morgan fingerprint density at radius 1 is 1.14 bits per heavy atom. The number of non-ortho nitro benzene ring substituents is 1. The van der Waals surface area contributed by atoms with E-state index in [-0.39, 0.29) is 11.4 Å². The smallest absolute Gasteiger partial charge is 0.350 e. The van der Waals surface area contributed by atoms with Gasteiger partial charge in [0.15, 0.2) is 6.10 Å². The van der Waals surface area contributed by atoms with Crippen LogP contribution in [0.5, 0.6) is 0 Å². The van der Waals surface area contributed by atoms with Crippen molar-refractivity contribution in [3.05, 3.63) is 44.5 Å². The first-order valence-corrected chi connectivity index (χ1v) is 6.30. The Kier molecular flexibility index (Phi) is 5.78. The lowest BCUT2D eigenvalue weighted by Crippen LogP contribution is -2.41. The minimum atomic E-state index is -2.31. The summed E-state index contributed by atoms with van der Waals surface area (Å²) in [7, 11) is 0. The average molecular weight is 358 g/mol. The van der Waals surface area contributed by atoms with Crippen LogP contribution in [0.15, 0.2) is 34.5 Å². The summed E-state index contributed by atoms with van der Waals surface area (Å²) < 4.78 is -2.31. The molecule has 0 spiro atoms. The molecule has 0 saturated heterocycles. The minimum absolute atomic E-state index is 0.101. The second-order valence-corrected chi connectivity index (χ2v) is 6.04. The number of nitrogens with zero attached hydrogens (tertiary/aromatic N) is 4. The van der Waals surface area contributed by atoms with E-state index < -0.39 is 25.9 Å². The maximum absolute atomic E-state index is 10.8. The minimum Gasteiger partial charge on any atom is -0.380 e. The number of azo groups is 1. The van der Waals surface area contributed by atoms with Crippen LogP contribution >= 0.6 is 34.8 Å². The number of aliphatic hydroxyl groups excluding tert-OH is 1. The summed E-state index contributed by atoms with van der Waals surface area (Å²) in [6, 6.07) is 4.72. The third kappa shape index (κ3) is 5.05. The first kappa shape index (κ1) is 17.5. The molecule has 2 atom stereocenters. The van der Waals surface area contributed by atoms with E-state index >= 15 is 0 Å². The molecule has 1 N–H and O–H groups in total. The Hall–Kier alpha value is -1.55. The van der Waals surface area contributed by atoms with Crippen molar-refractivity contribution in [1.82, 2.24) is 0 Å². The Morgan fingerprint density at radius 2 is 1.67 bits per heavy atom. The molecule has 9 nitrogen and oxygen atoms in total. The molecule has 21 heavy (non-hydrogen) atoms. The fraction of sp³-hybridized carbons (Fsp3) is 0.333. The van der Waals surface area contributed by atoms with Crippen molar-refractivity contribution in [1.29, 1.82) is 0 Å². The zero-order valence-corrected chi connectivity index (χ0v) is 12.2. The highest BCUT2D eigenvalue weighted by Crippen LogP contribution is 2.33. The van der Waals surface area contributed by atoms with E-state index in [1.54, 1.807) is 0 Å². The van der Waals surface area contributed by atoms with E-state index in [0.29, 0.717) is 0 Å². The summed E-state index contributed by atoms with van der Waals surface area (Å²) in [4.78, 5) is 19.6. The lowest BCUT2D eigenvalue weighted by Gasteiger charge is -2.18. The van der Waals surface area contributed by atoms with Crippen molar-refractivity contribution in [2.45, 2.75) is 16.1 Å². The lowest BCUT2D eigenvalue weighted by atomic mass is 10.3. The number of hydrogen-bond donors (Lipinski definition) is 1. The molecule has 0 aromatic heterocycles. The molecule has 12 heteroatoms. The van der Waals surface area contributed by atoms with E-state index in [4.69, 9.17) is 34.8 Å². The van der Waals surface area contributed by atoms with Gasteiger partial charge in [-0.25, -0.2) is 0 Å². The van der Waals surface area contributed by atoms with Crippen molar-refractivity contribution in [2.24, 2.45) is 10.2 Å². The molecule has 114 valence electrons. The van der Waals surface area contributed by atoms with Gasteiger partial charge in [-0.05, 0) is 12.1 Å². The zero-order chi connectivity index (χ0) is 16.2. The normalized spacial score (nSPS) is 14.9. The highest BCUT2D eigenvalue weighted by atomic mass is 35.6. The van der Waals surface area contributed by atoms with Crippen molar-refractivity contribution in [2.75, 3.05) is 0 Å². The summed E-state index contributed by atoms with van der Waals surface area (Å²) in [6.07, 6.45) is -4.01.